The maximum atomic E-state index is 14.5. The highest BCUT2D eigenvalue weighted by Crippen LogP contribution is 2.55. The van der Waals surface area contributed by atoms with E-state index in [1.807, 2.05) is 25.4 Å². The average Bonchev–Trinajstić information content (AvgIpc) is 2.75. The van der Waals surface area contributed by atoms with Crippen LogP contribution < -0.4 is 5.32 Å². The number of carbonyl (C=O) groups excluding carboxylic acids is 1. The summed E-state index contributed by atoms with van der Waals surface area (Å²) < 4.78 is 41.8. The first-order chi connectivity index (χ1) is 15.5. The lowest BCUT2D eigenvalue weighted by Gasteiger charge is -2.46. The summed E-state index contributed by atoms with van der Waals surface area (Å²) in [5.74, 6) is 0.00820. The third-order valence-electron chi connectivity index (χ3n) is 5.80. The quantitative estimate of drug-likeness (QED) is 0.391. The number of morpholine rings is 2. The van der Waals surface area contributed by atoms with E-state index in [1.165, 1.54) is 0 Å². The summed E-state index contributed by atoms with van der Waals surface area (Å²) >= 11 is 0. The fourth-order valence-corrected chi connectivity index (χ4v) is 6.59. The van der Waals surface area contributed by atoms with E-state index in [1.54, 1.807) is 16.5 Å². The SMILES string of the molecule is [B]C1CNCC(COP(=O)(N2CCN(C(C)=O)CC2)N2CC([B])OC(COC(C)(C)C)C2)O1. The Kier molecular flexibility index (Phi) is 9.48. The van der Waals surface area contributed by atoms with E-state index in [0.29, 0.717) is 52.4 Å². The van der Waals surface area contributed by atoms with Crippen molar-refractivity contribution in [3.05, 3.63) is 0 Å². The van der Waals surface area contributed by atoms with E-state index < -0.39 is 19.7 Å². The monoisotopic (exact) mass is 482 g/mol. The van der Waals surface area contributed by atoms with Crippen LogP contribution in [0.4, 0.5) is 0 Å². The first kappa shape index (κ1) is 27.1. The molecule has 4 radical (unpaired) electrons. The highest BCUT2D eigenvalue weighted by atomic mass is 31.2. The van der Waals surface area contributed by atoms with Gasteiger partial charge in [0.2, 0.25) is 5.91 Å². The summed E-state index contributed by atoms with van der Waals surface area (Å²) in [7, 11) is 8.58. The molecular formula is C20H37B2N4O6P. The second-order valence-electron chi connectivity index (χ2n) is 9.79. The number of ether oxygens (including phenoxy) is 3. The van der Waals surface area contributed by atoms with Crippen LogP contribution in [0, 0.1) is 0 Å². The standard InChI is InChI=1S/C20H37B2N4O6P/c1-15(27)24-5-7-25(8-6-24)33(28,30-14-16-9-23-10-18(21)31-16)26-11-17(32-19(22)12-26)13-29-20(2,3)4/h16-19,23H,5-14H2,1-4H3. The summed E-state index contributed by atoms with van der Waals surface area (Å²) in [6, 6.07) is -1.05. The molecule has 1 N–H and O–H groups in total. The van der Waals surface area contributed by atoms with Gasteiger partial charge >= 0.3 is 7.67 Å². The molecule has 3 saturated heterocycles. The summed E-state index contributed by atoms with van der Waals surface area (Å²) in [6.07, 6.45) is -0.653. The Morgan fingerprint density at radius 3 is 2.27 bits per heavy atom. The molecule has 3 aliphatic heterocycles. The van der Waals surface area contributed by atoms with Gasteiger partial charge in [0.25, 0.3) is 0 Å². The first-order valence-corrected chi connectivity index (χ1v) is 13.2. The van der Waals surface area contributed by atoms with E-state index >= 15 is 0 Å². The molecular weight excluding hydrogens is 445 g/mol. The van der Waals surface area contributed by atoms with Crippen molar-refractivity contribution in [2.24, 2.45) is 0 Å². The third kappa shape index (κ3) is 7.77. The Labute approximate surface area is 200 Å². The number of nitrogens with one attached hydrogen (secondary N) is 1. The molecule has 0 bridgehead atoms. The number of hydrogen-bond acceptors (Lipinski definition) is 7. The minimum atomic E-state index is -3.49. The first-order valence-electron chi connectivity index (χ1n) is 11.6. The van der Waals surface area contributed by atoms with Crippen LogP contribution in [0.15, 0.2) is 0 Å². The topological polar surface area (TPSA) is 92.8 Å². The predicted molar refractivity (Wildman–Crippen MR) is 126 cm³/mol. The van der Waals surface area contributed by atoms with Gasteiger partial charge < -0.3 is 29.0 Å². The fourth-order valence-electron chi connectivity index (χ4n) is 4.11. The molecule has 3 aliphatic rings. The van der Waals surface area contributed by atoms with Crippen molar-refractivity contribution < 1.29 is 28.1 Å². The molecule has 184 valence electrons. The van der Waals surface area contributed by atoms with Gasteiger partial charge in [-0.3, -0.25) is 9.36 Å². The average molecular weight is 482 g/mol. The Balaban J connectivity index is 1.73. The van der Waals surface area contributed by atoms with E-state index in [9.17, 15) is 9.36 Å². The van der Waals surface area contributed by atoms with Gasteiger partial charge in [-0.15, -0.1) is 0 Å². The fraction of sp³-hybridized carbons (Fsp3) is 0.950. The van der Waals surface area contributed by atoms with Gasteiger partial charge in [-0.05, 0) is 20.8 Å². The van der Waals surface area contributed by atoms with Crippen LogP contribution in [0.5, 0.6) is 0 Å². The molecule has 3 rings (SSSR count). The van der Waals surface area contributed by atoms with Crippen molar-refractivity contribution in [2.75, 3.05) is 65.6 Å². The summed E-state index contributed by atoms with van der Waals surface area (Å²) in [5.41, 5.74) is -0.330. The summed E-state index contributed by atoms with van der Waals surface area (Å²) in [5, 5.41) is 3.20. The summed E-state index contributed by atoms with van der Waals surface area (Å²) in [6.45, 7) is 11.5. The highest BCUT2D eigenvalue weighted by molar-refractivity contribution is 7.54. The normalized spacial score (nSPS) is 32.4. The van der Waals surface area contributed by atoms with Crippen LogP contribution >= 0.6 is 7.67 Å². The molecule has 33 heavy (non-hydrogen) atoms. The van der Waals surface area contributed by atoms with Crippen molar-refractivity contribution in [1.29, 1.82) is 0 Å². The van der Waals surface area contributed by atoms with E-state index in [0.717, 1.165) is 0 Å². The van der Waals surface area contributed by atoms with Crippen molar-refractivity contribution in [2.45, 2.75) is 57.5 Å². The Hall–Kier alpha value is -0.450. The maximum Gasteiger partial charge on any atom is 0.346 e. The van der Waals surface area contributed by atoms with Gasteiger partial charge in [-0.25, -0.2) is 9.34 Å². The van der Waals surface area contributed by atoms with Gasteiger partial charge in [0, 0.05) is 71.3 Å². The maximum absolute atomic E-state index is 14.5. The van der Waals surface area contributed by atoms with Gasteiger partial charge in [0.05, 0.1) is 31.0 Å². The lowest BCUT2D eigenvalue weighted by molar-refractivity contribution is -0.130. The van der Waals surface area contributed by atoms with Crippen LogP contribution in [-0.2, 0) is 28.1 Å². The molecule has 3 heterocycles. The van der Waals surface area contributed by atoms with Crippen LogP contribution in [0.1, 0.15) is 27.7 Å². The number of nitrogens with zero attached hydrogens (tertiary/aromatic N) is 3. The van der Waals surface area contributed by atoms with E-state index in [4.69, 9.17) is 34.4 Å². The molecule has 0 aromatic heterocycles. The molecule has 0 spiro atoms. The van der Waals surface area contributed by atoms with Crippen molar-refractivity contribution >= 4 is 29.3 Å². The largest absolute Gasteiger partial charge is 0.380 e. The molecule has 5 unspecified atom stereocenters. The van der Waals surface area contributed by atoms with E-state index in [2.05, 4.69) is 5.32 Å². The molecule has 0 aliphatic carbocycles. The zero-order chi connectivity index (χ0) is 24.2. The zero-order valence-corrected chi connectivity index (χ0v) is 21.2. The van der Waals surface area contributed by atoms with Crippen LogP contribution in [0.25, 0.3) is 0 Å². The summed E-state index contributed by atoms with van der Waals surface area (Å²) in [4.78, 5) is 13.5. The van der Waals surface area contributed by atoms with E-state index in [-0.39, 0.29) is 36.9 Å². The molecule has 5 atom stereocenters. The number of amides is 1. The molecule has 0 aromatic carbocycles. The Morgan fingerprint density at radius 1 is 1.00 bits per heavy atom. The van der Waals surface area contributed by atoms with Gasteiger partial charge in [0.15, 0.2) is 0 Å². The van der Waals surface area contributed by atoms with Gasteiger partial charge in [-0.2, -0.15) is 0 Å². The third-order valence-corrected chi connectivity index (χ3v) is 8.45. The molecule has 0 saturated carbocycles. The molecule has 3 fully saturated rings. The number of rotatable bonds is 7. The van der Waals surface area contributed by atoms with Crippen LogP contribution in [-0.4, -0.2) is 131 Å². The van der Waals surface area contributed by atoms with Crippen molar-refractivity contribution in [3.8, 4) is 0 Å². The number of hydrogen-bond donors (Lipinski definition) is 1. The molecule has 0 aromatic rings. The number of carbonyl (C=O) groups is 1. The second kappa shape index (κ2) is 11.5. The van der Waals surface area contributed by atoms with Crippen molar-refractivity contribution in [1.82, 2.24) is 19.6 Å². The Bertz CT molecular complexity index is 707. The van der Waals surface area contributed by atoms with Gasteiger partial charge in [-0.1, -0.05) is 0 Å². The van der Waals surface area contributed by atoms with Crippen LogP contribution in [0.3, 0.4) is 0 Å². The Morgan fingerprint density at radius 2 is 1.67 bits per heavy atom. The van der Waals surface area contributed by atoms with Crippen molar-refractivity contribution in [3.63, 3.8) is 0 Å². The molecule has 10 nitrogen and oxygen atoms in total. The highest BCUT2D eigenvalue weighted by Gasteiger charge is 2.45. The zero-order valence-electron chi connectivity index (χ0n) is 20.3. The number of piperazine rings is 1. The van der Waals surface area contributed by atoms with Crippen LogP contribution in [0.2, 0.25) is 0 Å². The minimum Gasteiger partial charge on any atom is -0.380 e. The smallest absolute Gasteiger partial charge is 0.346 e. The second-order valence-corrected chi connectivity index (χ2v) is 12.2. The minimum absolute atomic E-state index is 0.00820. The molecule has 1 amide bonds. The lowest BCUT2D eigenvalue weighted by Crippen LogP contribution is -2.54. The molecule has 13 heteroatoms. The lowest BCUT2D eigenvalue weighted by atomic mass is 9.98. The predicted octanol–water partition coefficient (Wildman–Crippen LogP) is -0.231. The van der Waals surface area contributed by atoms with Gasteiger partial charge in [0.1, 0.15) is 15.7 Å².